The normalized spacial score (nSPS) is 36.1. The van der Waals surface area contributed by atoms with E-state index in [2.05, 4.69) is 10.2 Å². The molecule has 2 saturated heterocycles. The fourth-order valence-corrected chi connectivity index (χ4v) is 3.14. The molecule has 84 valence electrons. The number of carbonyl (C=O) groups is 1. The minimum Gasteiger partial charge on any atom is -0.341 e. The fourth-order valence-electron chi connectivity index (χ4n) is 3.14. The molecule has 15 heavy (non-hydrogen) atoms. The summed E-state index contributed by atoms with van der Waals surface area (Å²) in [5, 5.41) is 3.55. The molecule has 2 aliphatic heterocycles. The molecular formula is C12H20N2O. The Morgan fingerprint density at radius 1 is 1.13 bits per heavy atom. The van der Waals surface area contributed by atoms with Crippen molar-refractivity contribution in [2.45, 2.75) is 38.1 Å². The van der Waals surface area contributed by atoms with E-state index in [0.29, 0.717) is 17.9 Å². The average Bonchev–Trinajstić information content (AvgIpc) is 2.58. The smallest absolute Gasteiger partial charge is 0.225 e. The van der Waals surface area contributed by atoms with Crippen LogP contribution in [0.25, 0.3) is 0 Å². The summed E-state index contributed by atoms with van der Waals surface area (Å²) in [7, 11) is 0. The molecule has 3 heteroatoms. The molecule has 2 unspecified atom stereocenters. The molecule has 1 aliphatic carbocycles. The predicted molar refractivity (Wildman–Crippen MR) is 58.4 cm³/mol. The summed E-state index contributed by atoms with van der Waals surface area (Å²) in [6.07, 6.45) is 6.13. The quantitative estimate of drug-likeness (QED) is 0.697. The lowest BCUT2D eigenvalue weighted by Gasteiger charge is -2.29. The van der Waals surface area contributed by atoms with Gasteiger partial charge in [0.1, 0.15) is 0 Å². The molecule has 0 radical (unpaired) electrons. The molecule has 3 fully saturated rings. The van der Waals surface area contributed by atoms with Crippen molar-refractivity contribution >= 4 is 5.91 Å². The summed E-state index contributed by atoms with van der Waals surface area (Å²) < 4.78 is 0. The first-order chi connectivity index (χ1) is 7.34. The number of nitrogens with one attached hydrogen (secondary N) is 1. The molecule has 0 aromatic carbocycles. The first kappa shape index (κ1) is 9.64. The second kappa shape index (κ2) is 3.78. The topological polar surface area (TPSA) is 32.3 Å². The third-order valence-electron chi connectivity index (χ3n) is 4.37. The van der Waals surface area contributed by atoms with Crippen LogP contribution < -0.4 is 5.32 Å². The Kier molecular flexibility index (Phi) is 2.43. The standard InChI is InChI=1S/C12H20N2O/c15-12(9-3-1-4-9)14-7-10-5-2-6-13-11(10)8-14/h9-11,13H,1-8H2. The van der Waals surface area contributed by atoms with Crippen molar-refractivity contribution in [1.82, 2.24) is 10.2 Å². The molecule has 0 spiro atoms. The van der Waals surface area contributed by atoms with Crippen LogP contribution in [0.1, 0.15) is 32.1 Å². The summed E-state index contributed by atoms with van der Waals surface area (Å²) >= 11 is 0. The van der Waals surface area contributed by atoms with Gasteiger partial charge in [0.2, 0.25) is 5.91 Å². The Morgan fingerprint density at radius 2 is 2.00 bits per heavy atom. The Balaban J connectivity index is 1.61. The zero-order valence-electron chi connectivity index (χ0n) is 9.24. The van der Waals surface area contributed by atoms with E-state index in [9.17, 15) is 4.79 Å². The van der Waals surface area contributed by atoms with E-state index in [1.165, 1.54) is 19.3 Å². The molecular weight excluding hydrogens is 188 g/mol. The van der Waals surface area contributed by atoms with Crippen LogP contribution in [0.3, 0.4) is 0 Å². The van der Waals surface area contributed by atoms with Gasteiger partial charge in [0.25, 0.3) is 0 Å². The van der Waals surface area contributed by atoms with Crippen molar-refractivity contribution in [2.75, 3.05) is 19.6 Å². The third-order valence-corrected chi connectivity index (χ3v) is 4.37. The maximum Gasteiger partial charge on any atom is 0.225 e. The van der Waals surface area contributed by atoms with E-state index in [4.69, 9.17) is 0 Å². The van der Waals surface area contributed by atoms with Crippen LogP contribution in [0.2, 0.25) is 0 Å². The second-order valence-electron chi connectivity index (χ2n) is 5.33. The number of rotatable bonds is 1. The number of hydrogen-bond acceptors (Lipinski definition) is 2. The third kappa shape index (κ3) is 1.67. The Hall–Kier alpha value is -0.570. The lowest BCUT2D eigenvalue weighted by molar-refractivity contribution is -0.137. The van der Waals surface area contributed by atoms with Crippen molar-refractivity contribution < 1.29 is 4.79 Å². The van der Waals surface area contributed by atoms with Crippen LogP contribution in [-0.4, -0.2) is 36.5 Å². The number of nitrogens with zero attached hydrogens (tertiary/aromatic N) is 1. The zero-order chi connectivity index (χ0) is 10.3. The molecule has 3 nitrogen and oxygen atoms in total. The predicted octanol–water partition coefficient (Wildman–Crippen LogP) is 0.997. The highest BCUT2D eigenvalue weighted by atomic mass is 16.2. The van der Waals surface area contributed by atoms with Crippen molar-refractivity contribution in [3.05, 3.63) is 0 Å². The number of hydrogen-bond donors (Lipinski definition) is 1. The van der Waals surface area contributed by atoms with E-state index >= 15 is 0 Å². The molecule has 2 heterocycles. The molecule has 1 saturated carbocycles. The van der Waals surface area contributed by atoms with Gasteiger partial charge in [-0.1, -0.05) is 6.42 Å². The zero-order valence-corrected chi connectivity index (χ0v) is 9.24. The lowest BCUT2D eigenvalue weighted by atomic mass is 9.84. The highest BCUT2D eigenvalue weighted by molar-refractivity contribution is 5.80. The van der Waals surface area contributed by atoms with Crippen LogP contribution >= 0.6 is 0 Å². The highest BCUT2D eigenvalue weighted by Crippen LogP contribution is 2.32. The first-order valence-corrected chi connectivity index (χ1v) is 6.37. The Labute approximate surface area is 91.2 Å². The second-order valence-corrected chi connectivity index (χ2v) is 5.33. The van der Waals surface area contributed by atoms with Gasteiger partial charge in [-0.3, -0.25) is 4.79 Å². The van der Waals surface area contributed by atoms with Crippen molar-refractivity contribution in [1.29, 1.82) is 0 Å². The van der Waals surface area contributed by atoms with Gasteiger partial charge in [-0.2, -0.15) is 0 Å². The van der Waals surface area contributed by atoms with Crippen LogP contribution in [0.4, 0.5) is 0 Å². The first-order valence-electron chi connectivity index (χ1n) is 6.37. The van der Waals surface area contributed by atoms with Gasteiger partial charge in [0, 0.05) is 25.0 Å². The van der Waals surface area contributed by atoms with Gasteiger partial charge in [-0.15, -0.1) is 0 Å². The van der Waals surface area contributed by atoms with Crippen LogP contribution in [-0.2, 0) is 4.79 Å². The number of piperidine rings is 1. The molecule has 0 aromatic heterocycles. The molecule has 1 N–H and O–H groups in total. The van der Waals surface area contributed by atoms with Gasteiger partial charge in [-0.05, 0) is 38.1 Å². The van der Waals surface area contributed by atoms with Gasteiger partial charge in [0.05, 0.1) is 0 Å². The number of likely N-dealkylation sites (tertiary alicyclic amines) is 1. The SMILES string of the molecule is O=C(C1CCC1)N1CC2CCCNC2C1. The van der Waals surface area contributed by atoms with E-state index < -0.39 is 0 Å². The van der Waals surface area contributed by atoms with E-state index in [1.807, 2.05) is 0 Å². The summed E-state index contributed by atoms with van der Waals surface area (Å²) in [5.74, 6) is 1.56. The Bertz CT molecular complexity index is 248. The van der Waals surface area contributed by atoms with Crippen molar-refractivity contribution in [2.24, 2.45) is 11.8 Å². The number of amides is 1. The van der Waals surface area contributed by atoms with Crippen LogP contribution in [0, 0.1) is 11.8 Å². The van der Waals surface area contributed by atoms with Crippen LogP contribution in [0.5, 0.6) is 0 Å². The minimum absolute atomic E-state index is 0.380. The molecule has 1 amide bonds. The van der Waals surface area contributed by atoms with E-state index in [1.54, 1.807) is 0 Å². The summed E-state index contributed by atoms with van der Waals surface area (Å²) in [4.78, 5) is 14.2. The molecule has 3 aliphatic rings. The monoisotopic (exact) mass is 208 g/mol. The molecule has 2 atom stereocenters. The number of carbonyl (C=O) groups excluding carboxylic acids is 1. The van der Waals surface area contributed by atoms with Gasteiger partial charge in [0.15, 0.2) is 0 Å². The maximum absolute atomic E-state index is 12.1. The van der Waals surface area contributed by atoms with Gasteiger partial charge < -0.3 is 10.2 Å². The Morgan fingerprint density at radius 3 is 2.67 bits per heavy atom. The van der Waals surface area contributed by atoms with Crippen molar-refractivity contribution in [3.8, 4) is 0 Å². The molecule has 3 rings (SSSR count). The number of fused-ring (bicyclic) bond motifs is 1. The molecule has 0 bridgehead atoms. The van der Waals surface area contributed by atoms with Gasteiger partial charge in [-0.25, -0.2) is 0 Å². The van der Waals surface area contributed by atoms with Crippen molar-refractivity contribution in [3.63, 3.8) is 0 Å². The van der Waals surface area contributed by atoms with E-state index in [0.717, 1.165) is 38.4 Å². The summed E-state index contributed by atoms with van der Waals surface area (Å²) in [6.45, 7) is 3.14. The molecule has 0 aromatic rings. The largest absolute Gasteiger partial charge is 0.341 e. The fraction of sp³-hybridized carbons (Fsp3) is 0.917. The minimum atomic E-state index is 0.380. The highest BCUT2D eigenvalue weighted by Gasteiger charge is 2.39. The average molecular weight is 208 g/mol. The summed E-state index contributed by atoms with van der Waals surface area (Å²) in [6, 6.07) is 0.600. The van der Waals surface area contributed by atoms with Crippen LogP contribution in [0.15, 0.2) is 0 Å². The maximum atomic E-state index is 12.1. The van der Waals surface area contributed by atoms with Gasteiger partial charge >= 0.3 is 0 Å². The summed E-state index contributed by atoms with van der Waals surface area (Å²) in [5.41, 5.74) is 0. The van der Waals surface area contributed by atoms with E-state index in [-0.39, 0.29) is 0 Å². The lowest BCUT2D eigenvalue weighted by Crippen LogP contribution is -2.42.